The van der Waals surface area contributed by atoms with Crippen LogP contribution >= 0.6 is 0 Å². The van der Waals surface area contributed by atoms with E-state index in [0.717, 1.165) is 69.6 Å². The second-order valence-corrected chi connectivity index (χ2v) is 22.2. The lowest BCUT2D eigenvalue weighted by atomic mass is 9.84. The summed E-state index contributed by atoms with van der Waals surface area (Å²) in [6.07, 6.45) is 4.61. The van der Waals surface area contributed by atoms with Gasteiger partial charge in [-0.1, -0.05) is 63.9 Å². The lowest BCUT2D eigenvalue weighted by Gasteiger charge is -2.41. The first-order valence-electron chi connectivity index (χ1n) is 26.1. The average molecular weight is 997 g/mol. The normalized spacial score (nSPS) is 23.5. The number of nitrogens with one attached hydrogen (secondary N) is 2. The molecule has 4 amide bonds. The first-order chi connectivity index (χ1) is 34.8. The zero-order chi connectivity index (χ0) is 52.0. The maximum absolute atomic E-state index is 14.9. The van der Waals surface area contributed by atoms with E-state index in [1.54, 1.807) is 18.2 Å². The van der Waals surface area contributed by atoms with Gasteiger partial charge in [-0.25, -0.2) is 5.43 Å². The van der Waals surface area contributed by atoms with Gasteiger partial charge in [0.05, 0.1) is 36.2 Å². The van der Waals surface area contributed by atoms with Gasteiger partial charge in [-0.2, -0.15) is 0 Å². The van der Waals surface area contributed by atoms with E-state index in [4.69, 9.17) is 19.2 Å². The van der Waals surface area contributed by atoms with E-state index in [9.17, 15) is 24.0 Å². The lowest BCUT2D eigenvalue weighted by molar-refractivity contribution is -0.155. The minimum Gasteiger partial charge on any atom is -0.464 e. The predicted molar refractivity (Wildman–Crippen MR) is 277 cm³/mol. The number of likely N-dealkylation sites (tertiary alicyclic amines) is 2. The molecule has 2 aromatic carbocycles. The van der Waals surface area contributed by atoms with Gasteiger partial charge in [0.15, 0.2) is 5.60 Å². The van der Waals surface area contributed by atoms with Crippen molar-refractivity contribution >= 4 is 40.5 Å². The number of cyclic esters (lactones) is 1. The van der Waals surface area contributed by atoms with Crippen LogP contribution < -0.4 is 10.7 Å². The third-order valence-electron chi connectivity index (χ3n) is 15.6. The van der Waals surface area contributed by atoms with Crippen molar-refractivity contribution in [3.05, 3.63) is 77.6 Å². The van der Waals surface area contributed by atoms with E-state index in [1.165, 1.54) is 9.91 Å². The molecular weight excluding hydrogens is 925 g/mol. The van der Waals surface area contributed by atoms with Gasteiger partial charge in [0.1, 0.15) is 24.9 Å². The molecule has 5 atom stereocenters. The average Bonchev–Trinajstić information content (AvgIpc) is 4.03. The second-order valence-electron chi connectivity index (χ2n) is 22.2. The van der Waals surface area contributed by atoms with Crippen molar-refractivity contribution < 1.29 is 38.2 Å². The van der Waals surface area contributed by atoms with Crippen molar-refractivity contribution in [1.29, 1.82) is 0 Å². The van der Waals surface area contributed by atoms with E-state index in [0.29, 0.717) is 38.9 Å². The van der Waals surface area contributed by atoms with Crippen molar-refractivity contribution in [2.75, 3.05) is 53.2 Å². The Kier molecular flexibility index (Phi) is 14.6. The van der Waals surface area contributed by atoms with Crippen molar-refractivity contribution in [3.63, 3.8) is 0 Å². The molecule has 5 aliphatic rings. The number of esters is 1. The zero-order valence-electron chi connectivity index (χ0n) is 44.0. The molecule has 388 valence electrons. The molecule has 5 aliphatic heterocycles. The minimum atomic E-state index is -1.31. The Hall–Kier alpha value is -6.12. The number of methoxy groups -OCH3 is 1. The van der Waals surface area contributed by atoms with Gasteiger partial charge in [0.2, 0.25) is 5.91 Å². The number of carbonyl (C=O) groups is 5. The molecule has 2 aromatic heterocycles. The van der Waals surface area contributed by atoms with Crippen LogP contribution in [0.3, 0.4) is 0 Å². The molecule has 0 saturated carbocycles. The van der Waals surface area contributed by atoms with Crippen molar-refractivity contribution in [2.24, 2.45) is 11.3 Å². The molecular formula is C57H72N8O8. The SMILES string of the molecule is CCn1c(-c2cccnc2[C@H](C)OC)c2c3cc(ccc31)-c1cccc(c1)C[C@H](NC(=O)[C@H](C(C)C)N1CO[C@@]3(CCN(C(=O)C#CC(C)(C)N4CCC4)C3)C1=O)C(=O)N1CCC[C@H](N1)C(=O)OCC(C)(C)C2. The molecule has 16 heteroatoms. The van der Waals surface area contributed by atoms with Crippen LogP contribution in [0.5, 0.6) is 0 Å². The van der Waals surface area contributed by atoms with Crippen LogP contribution in [-0.2, 0) is 57.6 Å². The number of fused-ring (bicyclic) bond motifs is 6. The zero-order valence-corrected chi connectivity index (χ0v) is 44.0. The number of benzene rings is 2. The van der Waals surface area contributed by atoms with Crippen LogP contribution in [0.4, 0.5) is 0 Å². The maximum Gasteiger partial charge on any atom is 0.324 e. The highest BCUT2D eigenvalue weighted by molar-refractivity contribution is 5.98. The molecule has 1 spiro atoms. The number of amides is 4. The van der Waals surface area contributed by atoms with Gasteiger partial charge in [0.25, 0.3) is 17.7 Å². The molecule has 4 aromatic rings. The molecule has 4 fully saturated rings. The summed E-state index contributed by atoms with van der Waals surface area (Å²) in [6, 6.07) is 15.7. The summed E-state index contributed by atoms with van der Waals surface area (Å²) in [5, 5.41) is 5.59. The van der Waals surface area contributed by atoms with Crippen LogP contribution in [0, 0.1) is 23.2 Å². The van der Waals surface area contributed by atoms with E-state index < -0.39 is 52.5 Å². The topological polar surface area (TPSA) is 168 Å². The number of aromatic nitrogens is 2. The Morgan fingerprint density at radius 1 is 1.00 bits per heavy atom. The number of pyridine rings is 1. The summed E-state index contributed by atoms with van der Waals surface area (Å²) in [6.45, 7) is 19.3. The van der Waals surface area contributed by atoms with Gasteiger partial charge in [-0.15, -0.1) is 0 Å². The molecule has 0 aliphatic carbocycles. The highest BCUT2D eigenvalue weighted by Gasteiger charge is 2.56. The first kappa shape index (κ1) is 51.8. The molecule has 4 saturated heterocycles. The van der Waals surface area contributed by atoms with E-state index in [-0.39, 0.29) is 56.6 Å². The van der Waals surface area contributed by atoms with E-state index >= 15 is 0 Å². The molecule has 0 unspecified atom stereocenters. The first-order valence-corrected chi connectivity index (χ1v) is 26.1. The van der Waals surface area contributed by atoms with E-state index in [1.807, 2.05) is 52.8 Å². The number of carbonyl (C=O) groups excluding carboxylic acids is 5. The number of hydrogen-bond acceptors (Lipinski definition) is 11. The fourth-order valence-corrected chi connectivity index (χ4v) is 11.3. The Bertz CT molecular complexity index is 2860. The van der Waals surface area contributed by atoms with Crippen LogP contribution in [0.2, 0.25) is 0 Å². The smallest absolute Gasteiger partial charge is 0.324 e. The second kappa shape index (κ2) is 20.7. The molecule has 0 radical (unpaired) electrons. The third kappa shape index (κ3) is 10.3. The van der Waals surface area contributed by atoms with Gasteiger partial charge in [-0.3, -0.25) is 38.9 Å². The highest BCUT2D eigenvalue weighted by Crippen LogP contribution is 2.42. The summed E-state index contributed by atoms with van der Waals surface area (Å²) in [4.78, 5) is 81.7. The van der Waals surface area contributed by atoms with Crippen molar-refractivity contribution in [2.45, 2.75) is 136 Å². The number of hydrogen-bond donors (Lipinski definition) is 2. The van der Waals surface area contributed by atoms with Crippen LogP contribution in [-0.4, -0.2) is 141 Å². The molecule has 2 N–H and O–H groups in total. The fraction of sp³-hybridized carbons (Fsp3) is 0.544. The van der Waals surface area contributed by atoms with Crippen molar-refractivity contribution in [1.82, 2.24) is 40.0 Å². The molecule has 6 bridgehead atoms. The number of rotatable bonds is 9. The third-order valence-corrected chi connectivity index (χ3v) is 15.6. The van der Waals surface area contributed by atoms with E-state index in [2.05, 4.69) is 89.2 Å². The molecule has 7 heterocycles. The fourth-order valence-electron chi connectivity index (χ4n) is 11.3. The maximum atomic E-state index is 14.9. The Balaban J connectivity index is 1.03. The summed E-state index contributed by atoms with van der Waals surface area (Å²) in [5.41, 5.74) is 8.67. The molecule has 73 heavy (non-hydrogen) atoms. The monoisotopic (exact) mass is 997 g/mol. The van der Waals surface area contributed by atoms with Crippen molar-refractivity contribution in [3.8, 4) is 34.2 Å². The lowest BCUT2D eigenvalue weighted by Crippen LogP contribution is -2.62. The number of nitrogens with zero attached hydrogens (tertiary/aromatic N) is 6. The standard InChI is InChI=1S/C57H72N8O8/c1-10-63-46-20-19-40-31-42(46)43(50(63)41-17-12-24-58-48(41)37(4)71-9)32-55(5,6)34-72-53(69)44-18-13-27-65(60-44)52(68)45(30-38-15-11-16-39(40)29-38)59-51(67)49(36(2)3)64-35-73-57(54(64)70)23-28-61(33-57)47(66)21-22-56(7,8)62-25-14-26-62/h11-12,15-17,19-20,24,29,31,36-37,44-45,49,60H,10,13-14,18,23,25-28,30,32-35H2,1-9H3,(H,59,67)/t37-,44-,45-,49-,57+/m0/s1. The Labute approximate surface area is 429 Å². The summed E-state index contributed by atoms with van der Waals surface area (Å²) in [5.74, 6) is 3.47. The van der Waals surface area contributed by atoms with Gasteiger partial charge >= 0.3 is 5.97 Å². The Morgan fingerprint density at radius 2 is 1.78 bits per heavy atom. The summed E-state index contributed by atoms with van der Waals surface area (Å²) >= 11 is 0. The highest BCUT2D eigenvalue weighted by atomic mass is 16.5. The molecule has 9 rings (SSSR count). The van der Waals surface area contributed by atoms with Gasteiger partial charge in [-0.05, 0) is 112 Å². The number of aryl methyl sites for hydroxylation is 1. The van der Waals surface area contributed by atoms with Crippen LogP contribution in [0.15, 0.2) is 60.8 Å². The minimum absolute atomic E-state index is 0.0323. The largest absolute Gasteiger partial charge is 0.464 e. The quantitative estimate of drug-likeness (QED) is 0.148. The number of hydrazine groups is 1. The number of ether oxygens (including phenoxy) is 3. The Morgan fingerprint density at radius 3 is 2.51 bits per heavy atom. The summed E-state index contributed by atoms with van der Waals surface area (Å²) in [7, 11) is 1.69. The van der Waals surface area contributed by atoms with Crippen LogP contribution in [0.25, 0.3) is 33.3 Å². The predicted octanol–water partition coefficient (Wildman–Crippen LogP) is 6.05. The van der Waals surface area contributed by atoms with Gasteiger partial charge < -0.3 is 33.9 Å². The summed E-state index contributed by atoms with van der Waals surface area (Å²) < 4.78 is 20.6. The van der Waals surface area contributed by atoms with Crippen LogP contribution in [0.1, 0.15) is 104 Å². The van der Waals surface area contributed by atoms with Gasteiger partial charge in [0, 0.05) is 80.8 Å². The molecule has 16 nitrogen and oxygen atoms in total.